The van der Waals surface area contributed by atoms with Gasteiger partial charge < -0.3 is 18.9 Å². The summed E-state index contributed by atoms with van der Waals surface area (Å²) in [5, 5.41) is 0. The van der Waals surface area contributed by atoms with Crippen molar-refractivity contribution in [1.29, 1.82) is 0 Å². The largest absolute Gasteiger partial charge is 0.493 e. The van der Waals surface area contributed by atoms with Gasteiger partial charge in [-0.15, -0.1) is 0 Å². The summed E-state index contributed by atoms with van der Waals surface area (Å²) < 4.78 is 22.2. The van der Waals surface area contributed by atoms with Crippen molar-refractivity contribution in [3.63, 3.8) is 0 Å². The molecule has 2 aromatic rings. The minimum absolute atomic E-state index is 0.491. The highest BCUT2D eigenvalue weighted by Gasteiger charge is 2.28. The molecule has 0 N–H and O–H groups in total. The van der Waals surface area contributed by atoms with Gasteiger partial charge in [-0.3, -0.25) is 0 Å². The van der Waals surface area contributed by atoms with Crippen molar-refractivity contribution in [1.82, 2.24) is 0 Å². The molecule has 0 amide bonds. The lowest BCUT2D eigenvalue weighted by atomic mass is 10.0. The SMILES string of the molecule is COc1cc2c(c(OC)c1OC)/C(=C/c1ccccc1)OC2. The normalized spacial score (nSPS) is 14.4. The Morgan fingerprint density at radius 1 is 0.955 bits per heavy atom. The standard InChI is InChI=1S/C18H18O4/c1-19-15-10-13-11-22-14(9-12-7-5-4-6-8-12)16(13)18(21-3)17(15)20-2/h4-10H,11H2,1-3H3/b14-9-. The molecule has 0 unspecified atom stereocenters. The predicted octanol–water partition coefficient (Wildman–Crippen LogP) is 3.74. The molecule has 0 atom stereocenters. The zero-order valence-electron chi connectivity index (χ0n) is 12.9. The van der Waals surface area contributed by atoms with Gasteiger partial charge in [0.05, 0.1) is 26.9 Å². The third-order valence-electron chi connectivity index (χ3n) is 3.64. The summed E-state index contributed by atoms with van der Waals surface area (Å²) in [6, 6.07) is 12.0. The summed E-state index contributed by atoms with van der Waals surface area (Å²) in [7, 11) is 4.83. The second-order valence-electron chi connectivity index (χ2n) is 4.89. The Balaban J connectivity index is 2.16. The average molecular weight is 298 g/mol. The fourth-order valence-corrected chi connectivity index (χ4v) is 2.63. The Morgan fingerprint density at radius 3 is 2.32 bits per heavy atom. The summed E-state index contributed by atoms with van der Waals surface area (Å²) in [5.41, 5.74) is 3.02. The van der Waals surface area contributed by atoms with Crippen LogP contribution in [0.5, 0.6) is 17.2 Å². The second kappa shape index (κ2) is 6.02. The minimum Gasteiger partial charge on any atom is -0.493 e. The lowest BCUT2D eigenvalue weighted by Gasteiger charge is -2.15. The van der Waals surface area contributed by atoms with Crippen LogP contribution >= 0.6 is 0 Å². The average Bonchev–Trinajstić information content (AvgIpc) is 2.96. The van der Waals surface area contributed by atoms with Crippen LogP contribution in [0.25, 0.3) is 11.8 Å². The molecule has 0 radical (unpaired) electrons. The second-order valence-corrected chi connectivity index (χ2v) is 4.89. The van der Waals surface area contributed by atoms with Gasteiger partial charge in [0, 0.05) is 5.56 Å². The Kier molecular flexibility index (Phi) is 3.92. The third kappa shape index (κ3) is 2.37. The molecular formula is C18H18O4. The van der Waals surface area contributed by atoms with E-state index in [2.05, 4.69) is 0 Å². The number of hydrogen-bond donors (Lipinski definition) is 0. The maximum atomic E-state index is 5.84. The van der Waals surface area contributed by atoms with Gasteiger partial charge in [-0.05, 0) is 17.7 Å². The van der Waals surface area contributed by atoms with Crippen LogP contribution < -0.4 is 14.2 Å². The maximum absolute atomic E-state index is 5.84. The molecular weight excluding hydrogens is 280 g/mol. The van der Waals surface area contributed by atoms with E-state index < -0.39 is 0 Å². The van der Waals surface area contributed by atoms with E-state index in [-0.39, 0.29) is 0 Å². The van der Waals surface area contributed by atoms with Crippen molar-refractivity contribution < 1.29 is 18.9 Å². The lowest BCUT2D eigenvalue weighted by Crippen LogP contribution is -1.99. The number of methoxy groups -OCH3 is 3. The molecule has 22 heavy (non-hydrogen) atoms. The highest BCUT2D eigenvalue weighted by atomic mass is 16.5. The number of benzene rings is 2. The summed E-state index contributed by atoms with van der Waals surface area (Å²) in [6.07, 6.45) is 2.00. The van der Waals surface area contributed by atoms with Crippen LogP contribution in [-0.2, 0) is 11.3 Å². The highest BCUT2D eigenvalue weighted by Crippen LogP contribution is 2.48. The molecule has 1 aliphatic heterocycles. The monoisotopic (exact) mass is 298 g/mol. The molecule has 2 aromatic carbocycles. The predicted molar refractivity (Wildman–Crippen MR) is 85.2 cm³/mol. The molecule has 0 aliphatic carbocycles. The third-order valence-corrected chi connectivity index (χ3v) is 3.64. The van der Waals surface area contributed by atoms with E-state index in [9.17, 15) is 0 Å². The fourth-order valence-electron chi connectivity index (χ4n) is 2.63. The van der Waals surface area contributed by atoms with E-state index in [0.29, 0.717) is 23.9 Å². The van der Waals surface area contributed by atoms with Gasteiger partial charge in [0.25, 0.3) is 0 Å². The smallest absolute Gasteiger partial charge is 0.204 e. The quantitative estimate of drug-likeness (QED) is 0.861. The first-order valence-corrected chi connectivity index (χ1v) is 7.00. The van der Waals surface area contributed by atoms with Crippen LogP contribution in [0.3, 0.4) is 0 Å². The number of hydrogen-bond acceptors (Lipinski definition) is 4. The molecule has 0 saturated carbocycles. The van der Waals surface area contributed by atoms with Gasteiger partial charge >= 0.3 is 0 Å². The molecule has 3 rings (SSSR count). The van der Waals surface area contributed by atoms with E-state index in [1.54, 1.807) is 21.3 Å². The number of fused-ring (bicyclic) bond motifs is 1. The Hall–Kier alpha value is -2.62. The summed E-state index contributed by atoms with van der Waals surface area (Å²) in [4.78, 5) is 0. The number of ether oxygens (including phenoxy) is 4. The van der Waals surface area contributed by atoms with E-state index in [1.807, 2.05) is 42.5 Å². The van der Waals surface area contributed by atoms with Crippen molar-refractivity contribution in [3.05, 3.63) is 53.1 Å². The number of rotatable bonds is 4. The molecule has 0 saturated heterocycles. The van der Waals surface area contributed by atoms with Crippen molar-refractivity contribution in [2.24, 2.45) is 0 Å². The molecule has 0 spiro atoms. The van der Waals surface area contributed by atoms with Gasteiger partial charge in [0.2, 0.25) is 5.75 Å². The molecule has 1 aliphatic rings. The van der Waals surface area contributed by atoms with E-state index >= 15 is 0 Å². The van der Waals surface area contributed by atoms with Gasteiger partial charge in [-0.25, -0.2) is 0 Å². The topological polar surface area (TPSA) is 36.9 Å². The van der Waals surface area contributed by atoms with Gasteiger partial charge in [0.1, 0.15) is 12.4 Å². The zero-order valence-corrected chi connectivity index (χ0v) is 12.9. The summed E-state index contributed by atoms with van der Waals surface area (Å²) >= 11 is 0. The summed E-state index contributed by atoms with van der Waals surface area (Å²) in [5.74, 6) is 2.63. The first kappa shape index (κ1) is 14.3. The van der Waals surface area contributed by atoms with Crippen molar-refractivity contribution in [3.8, 4) is 17.2 Å². The molecule has 4 nitrogen and oxygen atoms in total. The molecule has 0 aromatic heterocycles. The molecule has 114 valence electrons. The summed E-state index contributed by atoms with van der Waals surface area (Å²) in [6.45, 7) is 0.491. The van der Waals surface area contributed by atoms with Crippen LogP contribution in [0, 0.1) is 0 Å². The molecule has 1 heterocycles. The first-order chi connectivity index (χ1) is 10.8. The minimum atomic E-state index is 0.491. The molecule has 0 bridgehead atoms. The van der Waals surface area contributed by atoms with Crippen molar-refractivity contribution in [2.45, 2.75) is 6.61 Å². The van der Waals surface area contributed by atoms with Crippen LogP contribution in [0.4, 0.5) is 0 Å². The van der Waals surface area contributed by atoms with Crippen molar-refractivity contribution in [2.75, 3.05) is 21.3 Å². The molecule has 4 heteroatoms. The van der Waals surface area contributed by atoms with Gasteiger partial charge in [-0.2, -0.15) is 0 Å². The van der Waals surface area contributed by atoms with Crippen LogP contribution in [0.2, 0.25) is 0 Å². The molecule has 0 fully saturated rings. The first-order valence-electron chi connectivity index (χ1n) is 7.00. The maximum Gasteiger partial charge on any atom is 0.204 e. The van der Waals surface area contributed by atoms with E-state index in [0.717, 1.165) is 22.4 Å². The van der Waals surface area contributed by atoms with E-state index in [4.69, 9.17) is 18.9 Å². The van der Waals surface area contributed by atoms with Gasteiger partial charge in [0.15, 0.2) is 11.5 Å². The Morgan fingerprint density at radius 2 is 1.68 bits per heavy atom. The van der Waals surface area contributed by atoms with Crippen LogP contribution in [0.15, 0.2) is 36.4 Å². The van der Waals surface area contributed by atoms with Crippen molar-refractivity contribution >= 4 is 11.8 Å². The lowest BCUT2D eigenvalue weighted by molar-refractivity contribution is 0.286. The Bertz CT molecular complexity index is 705. The highest BCUT2D eigenvalue weighted by molar-refractivity contribution is 5.85. The van der Waals surface area contributed by atoms with Gasteiger partial charge in [-0.1, -0.05) is 30.3 Å². The van der Waals surface area contributed by atoms with Crippen LogP contribution in [-0.4, -0.2) is 21.3 Å². The van der Waals surface area contributed by atoms with Crippen LogP contribution in [0.1, 0.15) is 16.7 Å². The fraction of sp³-hybridized carbons (Fsp3) is 0.222. The Labute approximate surface area is 129 Å². The zero-order chi connectivity index (χ0) is 15.5. The van der Waals surface area contributed by atoms with E-state index in [1.165, 1.54) is 0 Å².